The number of nitrogen functional groups attached to an aromatic ring is 1. The molecule has 2 N–H and O–H groups in total. The highest BCUT2D eigenvalue weighted by Gasteiger charge is 2.11. The molecule has 0 atom stereocenters. The molecule has 0 saturated carbocycles. The summed E-state index contributed by atoms with van der Waals surface area (Å²) < 4.78 is 21.9. The first kappa shape index (κ1) is 16.2. The van der Waals surface area contributed by atoms with Gasteiger partial charge in [0.1, 0.15) is 0 Å². The Hall–Kier alpha value is -2.15. The summed E-state index contributed by atoms with van der Waals surface area (Å²) in [6.07, 6.45) is 3.10. The van der Waals surface area contributed by atoms with Crippen LogP contribution in [0.2, 0.25) is 0 Å². The quantitative estimate of drug-likeness (QED) is 0.855. The topological polar surface area (TPSA) is 90.5 Å². The van der Waals surface area contributed by atoms with E-state index in [1.54, 1.807) is 19.4 Å². The van der Waals surface area contributed by atoms with Gasteiger partial charge in [0, 0.05) is 17.1 Å². The zero-order chi connectivity index (χ0) is 16.2. The summed E-state index contributed by atoms with van der Waals surface area (Å²) >= 11 is 0. The van der Waals surface area contributed by atoms with E-state index in [0.717, 1.165) is 5.56 Å². The molecule has 2 aromatic rings. The Labute approximate surface area is 130 Å². The monoisotopic (exact) mass is 320 g/mol. The minimum atomic E-state index is -2.24. The molecule has 1 aromatic heterocycles. The number of nitrogens with two attached hydrogens (primary N) is 1. The summed E-state index contributed by atoms with van der Waals surface area (Å²) in [5.41, 5.74) is 7.81. The van der Waals surface area contributed by atoms with Gasteiger partial charge in [-0.15, -0.1) is 0 Å². The van der Waals surface area contributed by atoms with Gasteiger partial charge in [0.2, 0.25) is 0 Å². The third kappa shape index (κ3) is 3.36. The maximum atomic E-state index is 12.3. The van der Waals surface area contributed by atoms with E-state index in [4.69, 9.17) is 10.5 Å². The van der Waals surface area contributed by atoms with E-state index < -0.39 is 9.73 Å². The van der Waals surface area contributed by atoms with Crippen LogP contribution >= 0.6 is 0 Å². The van der Waals surface area contributed by atoms with Crippen LogP contribution in [-0.2, 0) is 9.73 Å². The molecule has 0 amide bonds. The molecule has 2 rings (SSSR count). The van der Waals surface area contributed by atoms with Crippen LogP contribution in [0.3, 0.4) is 0 Å². The first-order valence-electron chi connectivity index (χ1n) is 7.00. The summed E-state index contributed by atoms with van der Waals surface area (Å²) in [4.78, 5) is 8.57. The largest absolute Gasteiger partial charge is 0.494 e. The molecule has 1 heterocycles. The highest BCUT2D eigenvalue weighted by molar-refractivity contribution is 7.93. The van der Waals surface area contributed by atoms with Gasteiger partial charge in [-0.1, -0.05) is 19.9 Å². The van der Waals surface area contributed by atoms with Crippen LogP contribution in [0.4, 0.5) is 11.5 Å². The van der Waals surface area contributed by atoms with Gasteiger partial charge in [-0.25, -0.2) is 9.19 Å². The summed E-state index contributed by atoms with van der Waals surface area (Å²) in [5.74, 6) is 1.93. The first-order valence-corrected chi connectivity index (χ1v) is 8.85. The van der Waals surface area contributed by atoms with Crippen LogP contribution < -0.4 is 10.5 Å². The smallest absolute Gasteiger partial charge is 0.180 e. The Morgan fingerprint density at radius 1 is 1.23 bits per heavy atom. The average Bonchev–Trinajstić information content (AvgIpc) is 2.55. The summed E-state index contributed by atoms with van der Waals surface area (Å²) in [5, 5.41) is 0. The molecule has 0 fully saturated rings. The highest BCUT2D eigenvalue weighted by Crippen LogP contribution is 2.33. The number of ether oxygens (including phenoxy) is 1. The lowest BCUT2D eigenvalue weighted by atomic mass is 10.1. The molecule has 6 nitrogen and oxygen atoms in total. The molecule has 0 aliphatic rings. The van der Waals surface area contributed by atoms with Gasteiger partial charge in [0.05, 0.1) is 40.6 Å². The van der Waals surface area contributed by atoms with E-state index in [1.165, 1.54) is 6.20 Å². The van der Waals surface area contributed by atoms with Gasteiger partial charge in [0.25, 0.3) is 0 Å². The van der Waals surface area contributed by atoms with Crippen LogP contribution in [0, 0.1) is 0 Å². The Morgan fingerprint density at radius 2 is 1.95 bits per heavy atom. The van der Waals surface area contributed by atoms with Gasteiger partial charge in [0.15, 0.2) is 11.6 Å². The van der Waals surface area contributed by atoms with Crippen molar-refractivity contribution in [3.8, 4) is 17.0 Å². The van der Waals surface area contributed by atoms with Gasteiger partial charge in [-0.3, -0.25) is 4.98 Å². The van der Waals surface area contributed by atoms with Crippen molar-refractivity contribution in [2.75, 3.05) is 24.3 Å². The Bertz CT molecular complexity index is 756. The zero-order valence-electron chi connectivity index (χ0n) is 12.9. The SMILES string of the molecule is CCS(=O)(CC)=Nc1cnc(-c2cccc(N)c2OC)cn1. The second kappa shape index (κ2) is 6.74. The molecule has 0 aliphatic carbocycles. The number of para-hydroxylation sites is 1. The van der Waals surface area contributed by atoms with Gasteiger partial charge >= 0.3 is 0 Å². The van der Waals surface area contributed by atoms with Crippen molar-refractivity contribution in [1.29, 1.82) is 0 Å². The van der Waals surface area contributed by atoms with E-state index in [1.807, 2.05) is 26.0 Å². The maximum Gasteiger partial charge on any atom is 0.180 e. The fourth-order valence-electron chi connectivity index (χ4n) is 2.00. The van der Waals surface area contributed by atoms with Crippen LogP contribution in [0.5, 0.6) is 5.75 Å². The lowest BCUT2D eigenvalue weighted by Gasteiger charge is -2.10. The number of anilines is 1. The Kier molecular flexibility index (Phi) is 4.97. The van der Waals surface area contributed by atoms with E-state index >= 15 is 0 Å². The molecule has 22 heavy (non-hydrogen) atoms. The zero-order valence-corrected chi connectivity index (χ0v) is 13.8. The molecular formula is C15H20N4O2S. The van der Waals surface area contributed by atoms with Crippen molar-refractivity contribution in [3.05, 3.63) is 30.6 Å². The number of hydrogen-bond donors (Lipinski definition) is 1. The van der Waals surface area contributed by atoms with Crippen molar-refractivity contribution in [3.63, 3.8) is 0 Å². The number of aromatic nitrogens is 2. The molecule has 0 radical (unpaired) electrons. The van der Waals surface area contributed by atoms with E-state index in [0.29, 0.717) is 34.5 Å². The van der Waals surface area contributed by atoms with Crippen LogP contribution in [-0.4, -0.2) is 32.8 Å². The fraction of sp³-hybridized carbons (Fsp3) is 0.333. The van der Waals surface area contributed by atoms with E-state index in [-0.39, 0.29) is 0 Å². The third-order valence-corrected chi connectivity index (χ3v) is 5.65. The van der Waals surface area contributed by atoms with Crippen molar-refractivity contribution in [2.45, 2.75) is 13.8 Å². The molecule has 1 aromatic carbocycles. The fourth-order valence-corrected chi connectivity index (χ4v) is 3.10. The average molecular weight is 320 g/mol. The van der Waals surface area contributed by atoms with Crippen LogP contribution in [0.25, 0.3) is 11.3 Å². The number of hydrogen-bond acceptors (Lipinski definition) is 6. The number of nitrogens with zero attached hydrogens (tertiary/aromatic N) is 3. The van der Waals surface area contributed by atoms with Crippen molar-refractivity contribution in [1.82, 2.24) is 9.97 Å². The van der Waals surface area contributed by atoms with Crippen LogP contribution in [0.1, 0.15) is 13.8 Å². The highest BCUT2D eigenvalue weighted by atomic mass is 32.2. The predicted octanol–water partition coefficient (Wildman–Crippen LogP) is 2.87. The number of benzene rings is 1. The van der Waals surface area contributed by atoms with E-state index in [9.17, 15) is 4.21 Å². The lowest BCUT2D eigenvalue weighted by molar-refractivity contribution is 0.418. The Balaban J connectivity index is 2.43. The van der Waals surface area contributed by atoms with Gasteiger partial charge in [-0.05, 0) is 12.1 Å². The standard InChI is InChI=1S/C15H20N4O2S/c1-4-22(20,5-2)19-14-10-17-13(9-18-14)11-7-6-8-12(16)15(11)21-3/h6-10H,4-5,16H2,1-3H3. The minimum Gasteiger partial charge on any atom is -0.494 e. The number of methoxy groups -OCH3 is 1. The summed E-state index contributed by atoms with van der Waals surface area (Å²) in [6.45, 7) is 3.71. The molecule has 0 unspecified atom stereocenters. The Morgan fingerprint density at radius 3 is 2.50 bits per heavy atom. The molecule has 0 aliphatic heterocycles. The second-order valence-electron chi connectivity index (χ2n) is 4.63. The second-order valence-corrected chi connectivity index (χ2v) is 7.51. The van der Waals surface area contributed by atoms with Crippen LogP contribution in [0.15, 0.2) is 35.0 Å². The molecule has 118 valence electrons. The molecular weight excluding hydrogens is 300 g/mol. The maximum absolute atomic E-state index is 12.3. The van der Waals surface area contributed by atoms with Crippen molar-refractivity contribution in [2.24, 2.45) is 4.36 Å². The third-order valence-electron chi connectivity index (χ3n) is 3.33. The van der Waals surface area contributed by atoms with Gasteiger partial charge < -0.3 is 10.5 Å². The molecule has 7 heteroatoms. The van der Waals surface area contributed by atoms with Gasteiger partial charge in [-0.2, -0.15) is 4.36 Å². The summed E-state index contributed by atoms with van der Waals surface area (Å²) in [6, 6.07) is 5.45. The minimum absolute atomic E-state index is 0.375. The van der Waals surface area contributed by atoms with Crippen molar-refractivity contribution < 1.29 is 8.95 Å². The first-order chi connectivity index (χ1) is 10.5. The molecule has 0 bridgehead atoms. The summed E-state index contributed by atoms with van der Waals surface area (Å²) in [7, 11) is -0.678. The predicted molar refractivity (Wildman–Crippen MR) is 89.7 cm³/mol. The lowest BCUT2D eigenvalue weighted by Crippen LogP contribution is -2.05. The molecule has 0 saturated heterocycles. The van der Waals surface area contributed by atoms with Crippen molar-refractivity contribution >= 4 is 21.2 Å². The molecule has 0 spiro atoms. The number of rotatable bonds is 5. The van der Waals surface area contributed by atoms with E-state index in [2.05, 4.69) is 14.3 Å². The normalized spacial score (nSPS) is 11.2.